The summed E-state index contributed by atoms with van der Waals surface area (Å²) in [6.45, 7) is 3.78. The van der Waals surface area contributed by atoms with Gasteiger partial charge in [-0.1, -0.05) is 13.0 Å². The number of hydrogen-bond donors (Lipinski definition) is 0. The molecular weight excluding hydrogens is 190 g/mol. The van der Waals surface area contributed by atoms with E-state index in [2.05, 4.69) is 10.8 Å². The molecule has 0 heterocycles. The lowest BCUT2D eigenvalue weighted by Gasteiger charge is -2.09. The average molecular weight is 203 g/mol. The Hall–Kier alpha value is -1.82. The number of carbonyl (C=O) groups excluding carboxylic acids is 1. The van der Waals surface area contributed by atoms with Gasteiger partial charge in [0, 0.05) is 0 Å². The van der Waals surface area contributed by atoms with Gasteiger partial charge in [0.05, 0.1) is 24.3 Å². The predicted molar refractivity (Wildman–Crippen MR) is 56.6 cm³/mol. The van der Waals surface area contributed by atoms with Crippen molar-refractivity contribution >= 4 is 5.97 Å². The number of nitrogens with zero attached hydrogens (tertiary/aromatic N) is 1. The van der Waals surface area contributed by atoms with Gasteiger partial charge in [-0.25, -0.2) is 4.79 Å². The summed E-state index contributed by atoms with van der Waals surface area (Å²) in [5.74, 6) is -0.386. The smallest absolute Gasteiger partial charge is 0.338 e. The third kappa shape index (κ3) is 1.99. The number of aryl methyl sites for hydroxylation is 1. The molecule has 0 fully saturated rings. The fourth-order valence-corrected chi connectivity index (χ4v) is 1.59. The quantitative estimate of drug-likeness (QED) is 0.692. The fraction of sp³-hybridized carbons (Fsp3) is 0.333. The van der Waals surface area contributed by atoms with Gasteiger partial charge >= 0.3 is 5.97 Å². The highest BCUT2D eigenvalue weighted by atomic mass is 16.5. The van der Waals surface area contributed by atoms with Crippen LogP contribution in [0.2, 0.25) is 0 Å². The van der Waals surface area contributed by atoms with Gasteiger partial charge in [-0.3, -0.25) is 0 Å². The van der Waals surface area contributed by atoms with Crippen LogP contribution in [-0.2, 0) is 11.2 Å². The summed E-state index contributed by atoms with van der Waals surface area (Å²) in [7, 11) is 1.34. The number of ether oxygens (including phenoxy) is 1. The van der Waals surface area contributed by atoms with Crippen LogP contribution in [0.15, 0.2) is 12.1 Å². The minimum atomic E-state index is -0.386. The van der Waals surface area contributed by atoms with Crippen LogP contribution in [0.4, 0.5) is 0 Å². The van der Waals surface area contributed by atoms with Crippen LogP contribution in [0.3, 0.4) is 0 Å². The van der Waals surface area contributed by atoms with E-state index in [4.69, 9.17) is 5.26 Å². The van der Waals surface area contributed by atoms with Crippen LogP contribution < -0.4 is 0 Å². The number of carbonyl (C=O) groups is 1. The van der Waals surface area contributed by atoms with Crippen molar-refractivity contribution in [2.24, 2.45) is 0 Å². The molecule has 0 spiro atoms. The maximum Gasteiger partial charge on any atom is 0.338 e. The second kappa shape index (κ2) is 4.61. The molecule has 3 heteroatoms. The van der Waals surface area contributed by atoms with Gasteiger partial charge < -0.3 is 4.74 Å². The van der Waals surface area contributed by atoms with E-state index in [0.717, 1.165) is 11.1 Å². The van der Waals surface area contributed by atoms with Crippen molar-refractivity contribution in [3.8, 4) is 6.07 Å². The van der Waals surface area contributed by atoms with Crippen LogP contribution >= 0.6 is 0 Å². The molecule has 0 aliphatic heterocycles. The second-order valence-electron chi connectivity index (χ2n) is 3.24. The van der Waals surface area contributed by atoms with E-state index in [1.807, 2.05) is 13.8 Å². The molecule has 0 aromatic heterocycles. The first kappa shape index (κ1) is 11.3. The van der Waals surface area contributed by atoms with E-state index in [1.165, 1.54) is 7.11 Å². The molecule has 1 aromatic rings. The second-order valence-corrected chi connectivity index (χ2v) is 3.24. The predicted octanol–water partition coefficient (Wildman–Crippen LogP) is 2.22. The first-order chi connectivity index (χ1) is 7.15. The number of benzene rings is 1. The summed E-state index contributed by atoms with van der Waals surface area (Å²) in [5.41, 5.74) is 2.73. The van der Waals surface area contributed by atoms with E-state index < -0.39 is 0 Å². The highest BCUT2D eigenvalue weighted by molar-refractivity contribution is 5.92. The standard InChI is InChI=1S/C12H13NO2/c1-4-9-10(12(14)15-3)6-5-8(2)11(9)7-13/h5-6H,4H2,1-3H3. The number of methoxy groups -OCH3 is 1. The van der Waals surface area contributed by atoms with Crippen LogP contribution in [-0.4, -0.2) is 13.1 Å². The fourth-order valence-electron chi connectivity index (χ4n) is 1.59. The van der Waals surface area contributed by atoms with Crippen molar-refractivity contribution in [3.63, 3.8) is 0 Å². The Labute approximate surface area is 89.3 Å². The van der Waals surface area contributed by atoms with E-state index in [9.17, 15) is 4.79 Å². The number of esters is 1. The molecular formula is C12H13NO2. The third-order valence-corrected chi connectivity index (χ3v) is 2.39. The number of hydrogen-bond acceptors (Lipinski definition) is 3. The van der Waals surface area contributed by atoms with Crippen molar-refractivity contribution in [3.05, 3.63) is 34.4 Å². The highest BCUT2D eigenvalue weighted by Gasteiger charge is 2.15. The third-order valence-electron chi connectivity index (χ3n) is 2.39. The van der Waals surface area contributed by atoms with E-state index in [1.54, 1.807) is 12.1 Å². The molecule has 1 aromatic carbocycles. The van der Waals surface area contributed by atoms with E-state index in [-0.39, 0.29) is 5.97 Å². The molecule has 0 N–H and O–H groups in total. The lowest BCUT2D eigenvalue weighted by atomic mass is 9.95. The van der Waals surface area contributed by atoms with Gasteiger partial charge in [-0.2, -0.15) is 5.26 Å². The Bertz CT molecular complexity index is 430. The molecule has 0 saturated heterocycles. The van der Waals surface area contributed by atoms with Gasteiger partial charge in [0.25, 0.3) is 0 Å². The molecule has 0 saturated carbocycles. The summed E-state index contributed by atoms with van der Waals surface area (Å²) in [6.07, 6.45) is 0.648. The Kier molecular flexibility index (Phi) is 3.46. The minimum absolute atomic E-state index is 0.386. The molecule has 78 valence electrons. The molecule has 0 bridgehead atoms. The molecule has 0 unspecified atom stereocenters. The highest BCUT2D eigenvalue weighted by Crippen LogP contribution is 2.19. The Morgan fingerprint density at radius 3 is 2.67 bits per heavy atom. The van der Waals surface area contributed by atoms with Crippen molar-refractivity contribution < 1.29 is 9.53 Å². The van der Waals surface area contributed by atoms with Crippen LogP contribution in [0.25, 0.3) is 0 Å². The molecule has 0 aliphatic carbocycles. The van der Waals surface area contributed by atoms with Crippen LogP contribution in [0.1, 0.15) is 34.0 Å². The zero-order valence-electron chi connectivity index (χ0n) is 9.13. The maximum atomic E-state index is 11.4. The molecule has 3 nitrogen and oxygen atoms in total. The van der Waals surface area contributed by atoms with Gasteiger partial charge in [-0.15, -0.1) is 0 Å². The normalized spacial score (nSPS) is 9.47. The van der Waals surface area contributed by atoms with Crippen molar-refractivity contribution in [2.75, 3.05) is 7.11 Å². The van der Waals surface area contributed by atoms with Gasteiger partial charge in [0.15, 0.2) is 0 Å². The molecule has 1 rings (SSSR count). The molecule has 15 heavy (non-hydrogen) atoms. The Morgan fingerprint density at radius 1 is 1.53 bits per heavy atom. The molecule has 0 aliphatic rings. The summed E-state index contributed by atoms with van der Waals surface area (Å²) in [4.78, 5) is 11.4. The van der Waals surface area contributed by atoms with Crippen molar-refractivity contribution in [2.45, 2.75) is 20.3 Å². The summed E-state index contributed by atoms with van der Waals surface area (Å²) >= 11 is 0. The lowest BCUT2D eigenvalue weighted by molar-refractivity contribution is 0.0599. The first-order valence-corrected chi connectivity index (χ1v) is 4.76. The lowest BCUT2D eigenvalue weighted by Crippen LogP contribution is -2.07. The van der Waals surface area contributed by atoms with Gasteiger partial charge in [0.2, 0.25) is 0 Å². The summed E-state index contributed by atoms with van der Waals surface area (Å²) in [5, 5.41) is 9.01. The first-order valence-electron chi connectivity index (χ1n) is 4.76. The zero-order valence-corrected chi connectivity index (χ0v) is 9.13. The number of nitriles is 1. The molecule has 0 amide bonds. The van der Waals surface area contributed by atoms with Crippen LogP contribution in [0, 0.1) is 18.3 Å². The Morgan fingerprint density at radius 2 is 2.20 bits per heavy atom. The average Bonchev–Trinajstić information content (AvgIpc) is 2.27. The van der Waals surface area contributed by atoms with E-state index in [0.29, 0.717) is 17.5 Å². The van der Waals surface area contributed by atoms with Gasteiger partial charge in [0.1, 0.15) is 0 Å². The van der Waals surface area contributed by atoms with Crippen LogP contribution in [0.5, 0.6) is 0 Å². The van der Waals surface area contributed by atoms with Crippen molar-refractivity contribution in [1.82, 2.24) is 0 Å². The number of rotatable bonds is 2. The van der Waals surface area contributed by atoms with Crippen molar-refractivity contribution in [1.29, 1.82) is 5.26 Å². The zero-order chi connectivity index (χ0) is 11.4. The Balaban J connectivity index is 3.43. The summed E-state index contributed by atoms with van der Waals surface area (Å²) < 4.78 is 4.67. The SMILES string of the molecule is CCc1c(C(=O)OC)ccc(C)c1C#N. The van der Waals surface area contributed by atoms with E-state index >= 15 is 0 Å². The van der Waals surface area contributed by atoms with Gasteiger partial charge in [-0.05, 0) is 30.5 Å². The largest absolute Gasteiger partial charge is 0.465 e. The summed E-state index contributed by atoms with van der Waals surface area (Å²) in [6, 6.07) is 5.60. The molecule has 0 radical (unpaired) electrons. The maximum absolute atomic E-state index is 11.4. The topological polar surface area (TPSA) is 50.1 Å². The molecule has 0 atom stereocenters. The monoisotopic (exact) mass is 203 g/mol. The minimum Gasteiger partial charge on any atom is -0.465 e.